The minimum atomic E-state index is 1.13. The molecule has 82 valence electrons. The highest BCUT2D eigenvalue weighted by Gasteiger charge is 2.05. The Balaban J connectivity index is 2.50. The maximum Gasteiger partial charge on any atom is 0.0337 e. The summed E-state index contributed by atoms with van der Waals surface area (Å²) in [5, 5.41) is 3.12. The van der Waals surface area contributed by atoms with Crippen LogP contribution >= 0.6 is 0 Å². The normalized spacial score (nSPS) is 10.2. The first-order valence-electron chi connectivity index (χ1n) is 5.42. The molecule has 0 aliphatic carbocycles. The van der Waals surface area contributed by atoms with Crippen molar-refractivity contribution in [1.82, 2.24) is 4.98 Å². The molecule has 16 heavy (non-hydrogen) atoms. The molecule has 0 fully saturated rings. The first-order chi connectivity index (χ1) is 7.72. The number of aryl methyl sites for hydroxylation is 2. The molecule has 0 aliphatic heterocycles. The highest BCUT2D eigenvalue weighted by Crippen LogP contribution is 2.27. The predicted molar refractivity (Wildman–Crippen MR) is 68.7 cm³/mol. The molecule has 1 aromatic heterocycles. The summed E-state index contributed by atoms with van der Waals surface area (Å²) in [5.74, 6) is 0. The smallest absolute Gasteiger partial charge is 0.0337 e. The van der Waals surface area contributed by atoms with Gasteiger partial charge in [0.15, 0.2) is 0 Å². The van der Waals surface area contributed by atoms with Crippen LogP contribution in [-0.2, 0) is 0 Å². The molecule has 0 aliphatic rings. The van der Waals surface area contributed by atoms with Crippen LogP contribution in [0.1, 0.15) is 11.1 Å². The Hall–Kier alpha value is -1.83. The van der Waals surface area contributed by atoms with Gasteiger partial charge in [-0.3, -0.25) is 4.98 Å². The third-order valence-electron chi connectivity index (χ3n) is 2.79. The Morgan fingerprint density at radius 2 is 1.50 bits per heavy atom. The lowest BCUT2D eigenvalue weighted by Gasteiger charge is -2.09. The van der Waals surface area contributed by atoms with Crippen LogP contribution in [0.25, 0.3) is 11.1 Å². The van der Waals surface area contributed by atoms with Crippen LogP contribution in [0.5, 0.6) is 0 Å². The molecule has 1 aromatic carbocycles. The van der Waals surface area contributed by atoms with Crippen LogP contribution in [0.2, 0.25) is 0 Å². The van der Waals surface area contributed by atoms with Crippen molar-refractivity contribution in [3.8, 4) is 11.1 Å². The fraction of sp³-hybridized carbons (Fsp3) is 0.214. The molecule has 2 heteroatoms. The van der Waals surface area contributed by atoms with Gasteiger partial charge in [-0.25, -0.2) is 0 Å². The molecule has 0 radical (unpaired) electrons. The second-order valence-electron chi connectivity index (χ2n) is 3.98. The van der Waals surface area contributed by atoms with Crippen LogP contribution in [0.4, 0.5) is 5.69 Å². The van der Waals surface area contributed by atoms with Gasteiger partial charge in [-0.1, -0.05) is 12.1 Å². The molecular weight excluding hydrogens is 196 g/mol. The quantitative estimate of drug-likeness (QED) is 0.825. The van der Waals surface area contributed by atoms with Crippen LogP contribution in [0.15, 0.2) is 36.7 Å². The molecule has 1 N–H and O–H groups in total. The number of aromatic nitrogens is 1. The monoisotopic (exact) mass is 212 g/mol. The van der Waals surface area contributed by atoms with Gasteiger partial charge in [0, 0.05) is 25.1 Å². The summed E-state index contributed by atoms with van der Waals surface area (Å²) < 4.78 is 0. The molecule has 0 saturated heterocycles. The third kappa shape index (κ3) is 1.91. The van der Waals surface area contributed by atoms with Crippen molar-refractivity contribution in [2.24, 2.45) is 0 Å². The fourth-order valence-corrected chi connectivity index (χ4v) is 1.96. The summed E-state index contributed by atoms with van der Waals surface area (Å²) in [7, 11) is 1.93. The molecule has 0 spiro atoms. The number of anilines is 1. The standard InChI is InChI=1S/C14H16N2/c1-10-8-16-9-11(2)14(10)12-4-6-13(15-3)7-5-12/h4-9,15H,1-3H3. The van der Waals surface area contributed by atoms with E-state index >= 15 is 0 Å². The third-order valence-corrected chi connectivity index (χ3v) is 2.79. The van der Waals surface area contributed by atoms with Gasteiger partial charge in [-0.05, 0) is 48.2 Å². The van der Waals surface area contributed by atoms with Gasteiger partial charge in [-0.15, -0.1) is 0 Å². The molecule has 2 nitrogen and oxygen atoms in total. The summed E-state index contributed by atoms with van der Waals surface area (Å²) in [6.07, 6.45) is 3.82. The lowest BCUT2D eigenvalue weighted by molar-refractivity contribution is 1.22. The van der Waals surface area contributed by atoms with Crippen molar-refractivity contribution in [2.75, 3.05) is 12.4 Å². The van der Waals surface area contributed by atoms with E-state index in [1.807, 2.05) is 19.4 Å². The van der Waals surface area contributed by atoms with Crippen LogP contribution in [-0.4, -0.2) is 12.0 Å². The van der Waals surface area contributed by atoms with Crippen molar-refractivity contribution < 1.29 is 0 Å². The maximum atomic E-state index is 4.19. The summed E-state index contributed by atoms with van der Waals surface area (Å²) in [5.41, 5.74) is 6.11. The number of benzene rings is 1. The number of hydrogen-bond donors (Lipinski definition) is 1. The highest BCUT2D eigenvalue weighted by atomic mass is 14.8. The second-order valence-corrected chi connectivity index (χ2v) is 3.98. The average molecular weight is 212 g/mol. The zero-order valence-electron chi connectivity index (χ0n) is 9.91. The van der Waals surface area contributed by atoms with E-state index in [9.17, 15) is 0 Å². The Kier molecular flexibility index (Phi) is 2.91. The van der Waals surface area contributed by atoms with E-state index in [0.717, 1.165) is 5.69 Å². The molecule has 1 heterocycles. The lowest BCUT2D eigenvalue weighted by atomic mass is 9.98. The molecule has 0 amide bonds. The molecule has 0 atom stereocenters. The van der Waals surface area contributed by atoms with E-state index in [-0.39, 0.29) is 0 Å². The van der Waals surface area contributed by atoms with Gasteiger partial charge in [0.2, 0.25) is 0 Å². The van der Waals surface area contributed by atoms with Gasteiger partial charge in [0.25, 0.3) is 0 Å². The zero-order chi connectivity index (χ0) is 11.5. The van der Waals surface area contributed by atoms with Crippen LogP contribution < -0.4 is 5.32 Å². The van der Waals surface area contributed by atoms with Crippen molar-refractivity contribution in [3.05, 3.63) is 47.8 Å². The first-order valence-corrected chi connectivity index (χ1v) is 5.42. The molecule has 2 aromatic rings. The number of nitrogens with one attached hydrogen (secondary N) is 1. The van der Waals surface area contributed by atoms with Gasteiger partial charge >= 0.3 is 0 Å². The van der Waals surface area contributed by atoms with Gasteiger partial charge < -0.3 is 5.32 Å². The fourth-order valence-electron chi connectivity index (χ4n) is 1.96. The largest absolute Gasteiger partial charge is 0.388 e. The lowest BCUT2D eigenvalue weighted by Crippen LogP contribution is -1.91. The van der Waals surface area contributed by atoms with Crippen LogP contribution in [0.3, 0.4) is 0 Å². The van der Waals surface area contributed by atoms with E-state index in [4.69, 9.17) is 0 Å². The Bertz CT molecular complexity index is 466. The second kappa shape index (κ2) is 4.35. The van der Waals surface area contributed by atoms with E-state index in [1.165, 1.54) is 22.3 Å². The Morgan fingerprint density at radius 1 is 0.938 bits per heavy atom. The number of rotatable bonds is 2. The van der Waals surface area contributed by atoms with Gasteiger partial charge in [0.05, 0.1) is 0 Å². The summed E-state index contributed by atoms with van der Waals surface area (Å²) >= 11 is 0. The number of nitrogens with zero attached hydrogens (tertiary/aromatic N) is 1. The Morgan fingerprint density at radius 3 is 2.00 bits per heavy atom. The molecule has 0 saturated carbocycles. The van der Waals surface area contributed by atoms with Crippen molar-refractivity contribution in [2.45, 2.75) is 13.8 Å². The Labute approximate surface area is 96.4 Å². The molecule has 0 bridgehead atoms. The minimum Gasteiger partial charge on any atom is -0.388 e. The topological polar surface area (TPSA) is 24.9 Å². The van der Waals surface area contributed by atoms with Crippen LogP contribution in [0, 0.1) is 13.8 Å². The SMILES string of the molecule is CNc1ccc(-c2c(C)cncc2C)cc1. The summed E-state index contributed by atoms with van der Waals surface area (Å²) in [6.45, 7) is 4.20. The van der Waals surface area contributed by atoms with Crippen molar-refractivity contribution >= 4 is 5.69 Å². The van der Waals surface area contributed by atoms with Gasteiger partial charge in [0.1, 0.15) is 0 Å². The first kappa shape index (κ1) is 10.7. The van der Waals surface area contributed by atoms with Gasteiger partial charge in [-0.2, -0.15) is 0 Å². The number of pyridine rings is 1. The summed E-state index contributed by atoms with van der Waals surface area (Å²) in [6, 6.07) is 8.46. The van der Waals surface area contributed by atoms with E-state index in [0.29, 0.717) is 0 Å². The predicted octanol–water partition coefficient (Wildman–Crippen LogP) is 3.41. The van der Waals surface area contributed by atoms with Crippen molar-refractivity contribution in [1.29, 1.82) is 0 Å². The minimum absolute atomic E-state index is 1.13. The van der Waals surface area contributed by atoms with E-state index < -0.39 is 0 Å². The summed E-state index contributed by atoms with van der Waals surface area (Å²) in [4.78, 5) is 4.19. The van der Waals surface area contributed by atoms with E-state index in [2.05, 4.69) is 48.4 Å². The molecule has 0 unspecified atom stereocenters. The zero-order valence-corrected chi connectivity index (χ0v) is 9.91. The number of hydrogen-bond acceptors (Lipinski definition) is 2. The molecule has 2 rings (SSSR count). The molecular formula is C14H16N2. The van der Waals surface area contributed by atoms with E-state index in [1.54, 1.807) is 0 Å². The maximum absolute atomic E-state index is 4.19. The van der Waals surface area contributed by atoms with Crippen molar-refractivity contribution in [3.63, 3.8) is 0 Å². The average Bonchev–Trinajstić information content (AvgIpc) is 2.30. The highest BCUT2D eigenvalue weighted by molar-refractivity contribution is 5.71.